The largest absolute Gasteiger partial charge is 0.476 e. The molecule has 1 aromatic carbocycles. The van der Waals surface area contributed by atoms with Crippen molar-refractivity contribution in [3.8, 4) is 5.69 Å². The number of aromatic carboxylic acids is 1. The van der Waals surface area contributed by atoms with Crippen LogP contribution in [0.3, 0.4) is 0 Å². The molecule has 8 heteroatoms. The molecule has 102 valence electrons. The first-order valence-corrected chi connectivity index (χ1v) is 6.02. The normalized spacial score (nSPS) is 14.2. The van der Waals surface area contributed by atoms with E-state index in [0.29, 0.717) is 5.69 Å². The molecular weight excluding hydrogens is 264 g/mol. The van der Waals surface area contributed by atoms with E-state index in [1.54, 1.807) is 12.1 Å². The highest BCUT2D eigenvalue weighted by Crippen LogP contribution is 2.42. The topological polar surface area (TPSA) is 111 Å². The molecule has 2 aromatic rings. The van der Waals surface area contributed by atoms with Crippen molar-refractivity contribution in [2.75, 3.05) is 0 Å². The van der Waals surface area contributed by atoms with Crippen molar-refractivity contribution >= 4 is 11.7 Å². The number of benzene rings is 1. The summed E-state index contributed by atoms with van der Waals surface area (Å²) in [6.45, 7) is 0. The molecule has 0 radical (unpaired) electrons. The van der Waals surface area contributed by atoms with Crippen LogP contribution in [-0.4, -0.2) is 31.0 Å². The van der Waals surface area contributed by atoms with Gasteiger partial charge in [-0.05, 0) is 18.9 Å². The average molecular weight is 274 g/mol. The number of carboxylic acid groups (broad SMARTS) is 1. The molecular formula is C12H10N4O4. The summed E-state index contributed by atoms with van der Waals surface area (Å²) < 4.78 is 1.28. The van der Waals surface area contributed by atoms with Crippen LogP contribution in [0.2, 0.25) is 0 Å². The van der Waals surface area contributed by atoms with Crippen molar-refractivity contribution in [3.05, 3.63) is 45.8 Å². The van der Waals surface area contributed by atoms with E-state index in [-0.39, 0.29) is 23.0 Å². The van der Waals surface area contributed by atoms with E-state index in [2.05, 4.69) is 10.3 Å². The van der Waals surface area contributed by atoms with Gasteiger partial charge in [-0.15, -0.1) is 5.10 Å². The lowest BCUT2D eigenvalue weighted by Gasteiger charge is -2.06. The van der Waals surface area contributed by atoms with E-state index in [0.717, 1.165) is 12.8 Å². The van der Waals surface area contributed by atoms with Crippen LogP contribution in [0.5, 0.6) is 0 Å². The van der Waals surface area contributed by atoms with Crippen LogP contribution < -0.4 is 0 Å². The van der Waals surface area contributed by atoms with Gasteiger partial charge in [0.2, 0.25) is 0 Å². The summed E-state index contributed by atoms with van der Waals surface area (Å²) >= 11 is 0. The smallest absolute Gasteiger partial charge is 0.358 e. The van der Waals surface area contributed by atoms with Crippen molar-refractivity contribution in [2.24, 2.45) is 0 Å². The lowest BCUT2D eigenvalue weighted by molar-refractivity contribution is -0.384. The number of aromatic nitrogens is 3. The van der Waals surface area contributed by atoms with Crippen LogP contribution in [0.1, 0.15) is 34.9 Å². The fourth-order valence-electron chi connectivity index (χ4n) is 2.14. The molecule has 0 bridgehead atoms. The van der Waals surface area contributed by atoms with Gasteiger partial charge in [0.15, 0.2) is 5.69 Å². The Morgan fingerprint density at radius 3 is 2.70 bits per heavy atom. The molecule has 0 spiro atoms. The number of nitrogens with zero attached hydrogens (tertiary/aromatic N) is 4. The van der Waals surface area contributed by atoms with E-state index in [4.69, 9.17) is 5.11 Å². The number of hydrogen-bond donors (Lipinski definition) is 1. The van der Waals surface area contributed by atoms with Gasteiger partial charge in [0.05, 0.1) is 10.6 Å². The molecule has 20 heavy (non-hydrogen) atoms. The van der Waals surface area contributed by atoms with Crippen LogP contribution in [0.4, 0.5) is 5.69 Å². The molecule has 8 nitrogen and oxygen atoms in total. The minimum absolute atomic E-state index is 0.0518. The predicted molar refractivity (Wildman–Crippen MR) is 66.9 cm³/mol. The van der Waals surface area contributed by atoms with Gasteiger partial charge in [0, 0.05) is 12.0 Å². The lowest BCUT2D eigenvalue weighted by atomic mass is 10.2. The summed E-state index contributed by atoms with van der Waals surface area (Å²) in [6, 6.07) is 6.08. The third kappa shape index (κ3) is 1.91. The Balaban J connectivity index is 2.20. The van der Waals surface area contributed by atoms with Gasteiger partial charge in [0.1, 0.15) is 5.69 Å². The second kappa shape index (κ2) is 4.41. The van der Waals surface area contributed by atoms with Crippen molar-refractivity contribution in [3.63, 3.8) is 0 Å². The zero-order valence-corrected chi connectivity index (χ0v) is 10.3. The molecule has 1 aromatic heterocycles. The molecule has 0 amide bonds. The Morgan fingerprint density at radius 2 is 2.10 bits per heavy atom. The quantitative estimate of drug-likeness (QED) is 0.671. The zero-order valence-electron chi connectivity index (χ0n) is 10.3. The van der Waals surface area contributed by atoms with Gasteiger partial charge >= 0.3 is 5.97 Å². The monoisotopic (exact) mass is 274 g/mol. The van der Waals surface area contributed by atoms with Gasteiger partial charge in [-0.1, -0.05) is 17.3 Å². The van der Waals surface area contributed by atoms with E-state index in [9.17, 15) is 14.9 Å². The van der Waals surface area contributed by atoms with Crippen LogP contribution in [0, 0.1) is 10.1 Å². The fourth-order valence-corrected chi connectivity index (χ4v) is 2.14. The number of rotatable bonds is 4. The van der Waals surface area contributed by atoms with Gasteiger partial charge < -0.3 is 5.11 Å². The van der Waals surface area contributed by atoms with E-state index in [1.165, 1.54) is 16.8 Å². The van der Waals surface area contributed by atoms with Crippen LogP contribution in [0.25, 0.3) is 5.69 Å². The standard InChI is InChI=1S/C12H10N4O4/c17-12(18)10-11(7-5-6-7)15(14-13-10)8-3-1-2-4-9(8)16(19)20/h1-4,7H,5-6H2,(H,17,18). The Labute approximate surface area is 112 Å². The molecule has 1 aliphatic rings. The van der Waals surface area contributed by atoms with Crippen molar-refractivity contribution in [2.45, 2.75) is 18.8 Å². The molecule has 0 aliphatic heterocycles. The number of carbonyl (C=O) groups is 1. The van der Waals surface area contributed by atoms with E-state index >= 15 is 0 Å². The highest BCUT2D eigenvalue weighted by molar-refractivity contribution is 5.87. The Hall–Kier alpha value is -2.77. The highest BCUT2D eigenvalue weighted by Gasteiger charge is 2.35. The van der Waals surface area contributed by atoms with E-state index < -0.39 is 10.9 Å². The van der Waals surface area contributed by atoms with Gasteiger partial charge in [-0.25, -0.2) is 9.48 Å². The average Bonchev–Trinajstić information content (AvgIpc) is 3.16. The molecule has 3 rings (SSSR count). The third-order valence-electron chi connectivity index (χ3n) is 3.18. The maximum atomic E-state index is 11.2. The number of para-hydroxylation sites is 2. The molecule has 0 atom stereocenters. The minimum Gasteiger partial charge on any atom is -0.476 e. The lowest BCUT2D eigenvalue weighted by Crippen LogP contribution is -2.07. The summed E-state index contributed by atoms with van der Waals surface area (Å²) in [7, 11) is 0. The fraction of sp³-hybridized carbons (Fsp3) is 0.250. The van der Waals surface area contributed by atoms with Crippen molar-refractivity contribution in [1.82, 2.24) is 15.0 Å². The van der Waals surface area contributed by atoms with Gasteiger partial charge in [0.25, 0.3) is 5.69 Å². The third-order valence-corrected chi connectivity index (χ3v) is 3.18. The summed E-state index contributed by atoms with van der Waals surface area (Å²) in [6.07, 6.45) is 1.68. The van der Waals surface area contributed by atoms with Gasteiger partial charge in [-0.3, -0.25) is 10.1 Å². The first-order chi connectivity index (χ1) is 9.59. The van der Waals surface area contributed by atoms with Crippen LogP contribution >= 0.6 is 0 Å². The van der Waals surface area contributed by atoms with Crippen LogP contribution in [-0.2, 0) is 0 Å². The Kier molecular flexibility index (Phi) is 2.70. The Morgan fingerprint density at radius 1 is 1.40 bits per heavy atom. The Bertz CT molecular complexity index is 705. The molecule has 1 aliphatic carbocycles. The summed E-state index contributed by atoms with van der Waals surface area (Å²) in [5, 5.41) is 27.6. The van der Waals surface area contributed by atoms with Crippen molar-refractivity contribution < 1.29 is 14.8 Å². The summed E-state index contributed by atoms with van der Waals surface area (Å²) in [5.41, 5.74) is 0.410. The number of nitro groups is 1. The minimum atomic E-state index is -1.17. The predicted octanol–water partition coefficient (Wildman–Crippen LogP) is 1.75. The van der Waals surface area contributed by atoms with Crippen LogP contribution in [0.15, 0.2) is 24.3 Å². The van der Waals surface area contributed by atoms with Gasteiger partial charge in [-0.2, -0.15) is 0 Å². The van der Waals surface area contributed by atoms with Crippen molar-refractivity contribution in [1.29, 1.82) is 0 Å². The first kappa shape index (κ1) is 12.3. The molecule has 1 N–H and O–H groups in total. The molecule has 0 unspecified atom stereocenters. The SMILES string of the molecule is O=C(O)c1nnn(-c2ccccc2[N+](=O)[O-])c1C1CC1. The first-order valence-electron chi connectivity index (χ1n) is 6.02. The zero-order chi connectivity index (χ0) is 14.3. The number of nitro benzene ring substituents is 1. The molecule has 1 fully saturated rings. The maximum Gasteiger partial charge on any atom is 0.358 e. The summed E-state index contributed by atoms with van der Waals surface area (Å²) in [5.74, 6) is -1.12. The van der Waals surface area contributed by atoms with E-state index in [1.807, 2.05) is 0 Å². The summed E-state index contributed by atoms with van der Waals surface area (Å²) in [4.78, 5) is 21.7. The molecule has 1 heterocycles. The number of hydrogen-bond acceptors (Lipinski definition) is 5. The number of carboxylic acids is 1. The highest BCUT2D eigenvalue weighted by atomic mass is 16.6. The maximum absolute atomic E-state index is 11.2. The molecule has 1 saturated carbocycles. The second-order valence-electron chi connectivity index (χ2n) is 4.56. The second-order valence-corrected chi connectivity index (χ2v) is 4.56. The molecule has 0 saturated heterocycles.